The second kappa shape index (κ2) is 14.1. The zero-order valence-electron chi connectivity index (χ0n) is 32.2. The van der Waals surface area contributed by atoms with Crippen LogP contribution in [0.1, 0.15) is 75.6 Å². The van der Waals surface area contributed by atoms with Gasteiger partial charge in [-0.15, -0.1) is 0 Å². The van der Waals surface area contributed by atoms with Crippen molar-refractivity contribution in [3.8, 4) is 11.5 Å². The molecule has 7 heterocycles. The number of halogens is 1. The summed E-state index contributed by atoms with van der Waals surface area (Å²) in [6.45, 7) is 2.29. The molecule has 5 aliphatic rings. The summed E-state index contributed by atoms with van der Waals surface area (Å²) in [5.74, 6) is -1.35. The van der Waals surface area contributed by atoms with Gasteiger partial charge in [0.25, 0.3) is 17.7 Å². The summed E-state index contributed by atoms with van der Waals surface area (Å²) in [5, 5.41) is 15.2. The minimum atomic E-state index is -1.51. The third kappa shape index (κ3) is 6.70. The van der Waals surface area contributed by atoms with Gasteiger partial charge in [0.1, 0.15) is 23.1 Å². The fraction of sp³-hybridized carbons (Fsp3) is 0.415. The number of aromatic nitrogens is 5. The molecule has 4 aliphatic heterocycles. The van der Waals surface area contributed by atoms with Gasteiger partial charge in [-0.1, -0.05) is 0 Å². The molecule has 3 aromatic heterocycles. The second-order valence-corrected chi connectivity index (χ2v) is 16.2. The molecule has 5 aromatic rings. The molecule has 5 amide bonds. The molecule has 1 unspecified atom stereocenters. The van der Waals surface area contributed by atoms with Gasteiger partial charge in [-0.3, -0.25) is 43.8 Å². The number of amides is 5. The fourth-order valence-corrected chi connectivity index (χ4v) is 8.69. The van der Waals surface area contributed by atoms with Gasteiger partial charge in [0.2, 0.25) is 11.8 Å². The maximum atomic E-state index is 16.3. The number of benzene rings is 2. The molecule has 1 atom stereocenters. The largest absolute Gasteiger partial charge is 0.495 e. The molecule has 2 aromatic carbocycles. The van der Waals surface area contributed by atoms with Gasteiger partial charge >= 0.3 is 0 Å². The highest BCUT2D eigenvalue weighted by Crippen LogP contribution is 2.42. The number of nitrogens with one attached hydrogen (secondary N) is 2. The van der Waals surface area contributed by atoms with Gasteiger partial charge in [0.05, 0.1) is 67.1 Å². The molecular weight excluding hydrogens is 764 g/mol. The molecule has 2 N–H and O–H groups in total. The van der Waals surface area contributed by atoms with Gasteiger partial charge < -0.3 is 19.7 Å². The van der Waals surface area contributed by atoms with Crippen molar-refractivity contribution in [1.82, 2.24) is 39.5 Å². The Morgan fingerprint density at radius 2 is 1.78 bits per heavy atom. The van der Waals surface area contributed by atoms with Crippen molar-refractivity contribution in [1.29, 1.82) is 0 Å². The van der Waals surface area contributed by atoms with Crippen molar-refractivity contribution >= 4 is 57.5 Å². The van der Waals surface area contributed by atoms with Gasteiger partial charge in [0, 0.05) is 56.1 Å². The van der Waals surface area contributed by atoms with Crippen LogP contribution in [0.15, 0.2) is 55.1 Å². The molecule has 1 aliphatic carbocycles. The summed E-state index contributed by atoms with van der Waals surface area (Å²) in [6.07, 6.45) is 10.7. The van der Waals surface area contributed by atoms with Gasteiger partial charge in [-0.2, -0.15) is 10.2 Å². The van der Waals surface area contributed by atoms with E-state index in [4.69, 9.17) is 14.6 Å². The van der Waals surface area contributed by atoms with Crippen LogP contribution >= 0.6 is 0 Å². The van der Waals surface area contributed by atoms with Crippen LogP contribution < -0.4 is 25.0 Å². The number of fused-ring (bicyclic) bond motifs is 3. The summed E-state index contributed by atoms with van der Waals surface area (Å²) in [7, 11) is 1.45. The molecule has 304 valence electrons. The molecule has 59 heavy (non-hydrogen) atoms. The highest BCUT2D eigenvalue weighted by molar-refractivity contribution is 6.24. The molecular formula is C41H41FN10O7. The Balaban J connectivity index is 0.786. The fourth-order valence-electron chi connectivity index (χ4n) is 8.69. The van der Waals surface area contributed by atoms with Crippen LogP contribution in [0, 0.1) is 5.92 Å². The standard InChI is InChI=1S/C41H41FN10O7/c1-58-34-15-27-26(39(56)52(40(27)57)31-5-6-35(53)46-38(31)55)14-32(34)49-21-41(42,22-49)20-48-11-7-25(8-12-48)51-18-24-13-30(33(16-29(24)47-51)59-19-23-3-4-23)45-37(54)28-17-44-50-10-2-9-43-36(28)50/h2,9-10,13-18,23,25,31H,3-8,11-12,19-22H2,1H3,(H,45,54)(H,46,53,55). The third-order valence-corrected chi connectivity index (χ3v) is 12.0. The van der Waals surface area contributed by atoms with Crippen molar-refractivity contribution in [2.24, 2.45) is 5.92 Å². The van der Waals surface area contributed by atoms with E-state index in [0.717, 1.165) is 41.5 Å². The molecule has 17 nitrogen and oxygen atoms in total. The lowest BCUT2D eigenvalue weighted by Gasteiger charge is -2.48. The number of ether oxygens (including phenoxy) is 2. The lowest BCUT2D eigenvalue weighted by Crippen LogP contribution is -2.64. The molecule has 3 saturated heterocycles. The predicted molar refractivity (Wildman–Crippen MR) is 209 cm³/mol. The zero-order valence-corrected chi connectivity index (χ0v) is 32.2. The SMILES string of the molecule is COc1cc2c(cc1N1CC(F)(CN3CCC(n4cc5cc(NC(=O)c6cnn7cccnc67)c(OCC6CC6)cc5n4)CC3)C1)C(=O)N(C1CCC(=O)NC1=O)C2=O. The molecule has 4 fully saturated rings. The number of likely N-dealkylation sites (tertiary alicyclic amines) is 1. The summed E-state index contributed by atoms with van der Waals surface area (Å²) in [5.41, 5.74) is 1.31. The van der Waals surface area contributed by atoms with Crippen LogP contribution in [-0.2, 0) is 9.59 Å². The van der Waals surface area contributed by atoms with Gasteiger partial charge in [-0.05, 0) is 62.3 Å². The number of piperidine rings is 2. The number of alkyl halides is 1. The number of carbonyl (C=O) groups is 5. The summed E-state index contributed by atoms with van der Waals surface area (Å²) < 4.78 is 31.6. The number of carbonyl (C=O) groups excluding carboxylic acids is 5. The first-order chi connectivity index (χ1) is 28.5. The number of methoxy groups -OCH3 is 1. The number of nitrogens with zero attached hydrogens (tertiary/aromatic N) is 8. The summed E-state index contributed by atoms with van der Waals surface area (Å²) in [6, 6.07) is 7.53. The maximum Gasteiger partial charge on any atom is 0.262 e. The van der Waals surface area contributed by atoms with Crippen molar-refractivity contribution < 1.29 is 37.8 Å². The van der Waals surface area contributed by atoms with E-state index in [1.54, 1.807) is 27.9 Å². The average molecular weight is 805 g/mol. The zero-order chi connectivity index (χ0) is 40.6. The van der Waals surface area contributed by atoms with Crippen LogP contribution in [0.2, 0.25) is 0 Å². The van der Waals surface area contributed by atoms with E-state index in [0.29, 0.717) is 59.7 Å². The molecule has 18 heteroatoms. The van der Waals surface area contributed by atoms with E-state index >= 15 is 4.39 Å². The number of rotatable bonds is 11. The van der Waals surface area contributed by atoms with E-state index in [2.05, 4.69) is 25.6 Å². The molecule has 0 spiro atoms. The minimum absolute atomic E-state index is 0.0216. The van der Waals surface area contributed by atoms with E-state index in [1.807, 2.05) is 23.0 Å². The average Bonchev–Trinajstić information content (AvgIpc) is 3.71. The van der Waals surface area contributed by atoms with Crippen molar-refractivity contribution in [3.63, 3.8) is 0 Å². The molecule has 1 saturated carbocycles. The van der Waals surface area contributed by atoms with E-state index < -0.39 is 35.3 Å². The van der Waals surface area contributed by atoms with Crippen molar-refractivity contribution in [3.05, 3.63) is 71.8 Å². The van der Waals surface area contributed by atoms with E-state index in [-0.39, 0.29) is 55.6 Å². The topological polar surface area (TPSA) is 186 Å². The Kier molecular flexibility index (Phi) is 8.84. The van der Waals surface area contributed by atoms with Crippen LogP contribution in [-0.4, -0.2) is 122 Å². The monoisotopic (exact) mass is 804 g/mol. The highest BCUT2D eigenvalue weighted by Gasteiger charge is 2.49. The number of hydrogen-bond acceptors (Lipinski definition) is 12. The van der Waals surface area contributed by atoms with Crippen LogP contribution in [0.4, 0.5) is 15.8 Å². The Bertz CT molecular complexity index is 2570. The van der Waals surface area contributed by atoms with Crippen LogP contribution in [0.3, 0.4) is 0 Å². The second-order valence-electron chi connectivity index (χ2n) is 16.2. The Morgan fingerprint density at radius 3 is 2.53 bits per heavy atom. The van der Waals surface area contributed by atoms with Crippen LogP contribution in [0.25, 0.3) is 16.6 Å². The Hall–Kier alpha value is -6.43. The van der Waals surface area contributed by atoms with Crippen molar-refractivity contribution in [2.75, 3.05) is 56.7 Å². The summed E-state index contributed by atoms with van der Waals surface area (Å²) in [4.78, 5) is 73.5. The normalized spacial score (nSPS) is 20.9. The first-order valence-electron chi connectivity index (χ1n) is 19.9. The maximum absolute atomic E-state index is 16.3. The van der Waals surface area contributed by atoms with Crippen LogP contribution in [0.5, 0.6) is 11.5 Å². The molecule has 0 radical (unpaired) electrons. The van der Waals surface area contributed by atoms with E-state index in [9.17, 15) is 24.0 Å². The molecule has 0 bridgehead atoms. The summed E-state index contributed by atoms with van der Waals surface area (Å²) >= 11 is 0. The quantitative estimate of drug-likeness (QED) is 0.186. The first-order valence-corrected chi connectivity index (χ1v) is 19.9. The Morgan fingerprint density at radius 1 is 1.00 bits per heavy atom. The molecule has 10 rings (SSSR count). The predicted octanol–water partition coefficient (Wildman–Crippen LogP) is 3.40. The Labute approximate surface area is 336 Å². The van der Waals surface area contributed by atoms with Gasteiger partial charge in [-0.25, -0.2) is 13.9 Å². The number of anilines is 2. The lowest BCUT2D eigenvalue weighted by atomic mass is 9.92. The third-order valence-electron chi connectivity index (χ3n) is 12.0. The highest BCUT2D eigenvalue weighted by atomic mass is 19.1. The minimum Gasteiger partial charge on any atom is -0.495 e. The van der Waals surface area contributed by atoms with Gasteiger partial charge in [0.15, 0.2) is 11.3 Å². The smallest absolute Gasteiger partial charge is 0.262 e. The first kappa shape index (κ1) is 36.9. The van der Waals surface area contributed by atoms with E-state index in [1.165, 1.54) is 25.4 Å². The van der Waals surface area contributed by atoms with Crippen molar-refractivity contribution in [2.45, 2.75) is 56.3 Å². The number of imide groups is 2. The lowest BCUT2D eigenvalue weighted by molar-refractivity contribution is -0.136. The number of hydrogen-bond donors (Lipinski definition) is 2.